The molecule has 6 nitrogen and oxygen atoms in total. The second-order valence-corrected chi connectivity index (χ2v) is 5.85. The average molecular weight is 369 g/mol. The number of ether oxygens (including phenoxy) is 3. The molecule has 2 fully saturated rings. The molecule has 2 saturated heterocycles. The zero-order chi connectivity index (χ0) is 16.6. The molecule has 1 aromatic heterocycles. The molecule has 0 amide bonds. The third-order valence-electron chi connectivity index (χ3n) is 4.08. The minimum atomic E-state index is -0.0547. The van der Waals surface area contributed by atoms with Crippen molar-refractivity contribution in [1.29, 1.82) is 0 Å². The van der Waals surface area contributed by atoms with Gasteiger partial charge in [-0.05, 0) is 55.6 Å². The van der Waals surface area contributed by atoms with Crippen LogP contribution < -0.4 is 15.6 Å². The first-order chi connectivity index (χ1) is 11.8. The lowest BCUT2D eigenvalue weighted by Crippen LogP contribution is -2.34. The van der Waals surface area contributed by atoms with Crippen molar-refractivity contribution in [3.05, 3.63) is 40.8 Å². The second kappa shape index (κ2) is 10.4. The molecule has 0 unspecified atom stereocenters. The summed E-state index contributed by atoms with van der Waals surface area (Å²) in [7, 11) is 0. The van der Waals surface area contributed by atoms with Crippen molar-refractivity contribution in [2.45, 2.75) is 18.9 Å². The van der Waals surface area contributed by atoms with Crippen LogP contribution in [0.5, 0.6) is 5.75 Å². The fourth-order valence-electron chi connectivity index (χ4n) is 2.79. The lowest BCUT2D eigenvalue weighted by Gasteiger charge is -2.23. The van der Waals surface area contributed by atoms with Crippen LogP contribution in [0.15, 0.2) is 35.3 Å². The minimum Gasteiger partial charge on any atom is -0.490 e. The Labute approximate surface area is 153 Å². The van der Waals surface area contributed by atoms with Crippen LogP contribution in [-0.4, -0.2) is 50.6 Å². The van der Waals surface area contributed by atoms with E-state index >= 15 is 0 Å². The zero-order valence-electron chi connectivity index (χ0n) is 14.2. The Morgan fingerprint density at radius 3 is 2.32 bits per heavy atom. The lowest BCUT2D eigenvalue weighted by atomic mass is 10.1. The second-order valence-electron chi connectivity index (χ2n) is 5.85. The van der Waals surface area contributed by atoms with Gasteiger partial charge in [0.1, 0.15) is 11.9 Å². The van der Waals surface area contributed by atoms with E-state index in [1.165, 1.54) is 0 Å². The van der Waals surface area contributed by atoms with E-state index in [4.69, 9.17) is 14.2 Å². The molecular weight excluding hydrogens is 344 g/mol. The summed E-state index contributed by atoms with van der Waals surface area (Å²) in [6, 6.07) is 7.53. The van der Waals surface area contributed by atoms with Crippen molar-refractivity contribution < 1.29 is 14.2 Å². The van der Waals surface area contributed by atoms with E-state index < -0.39 is 0 Å². The highest BCUT2D eigenvalue weighted by Crippen LogP contribution is 2.21. The number of pyridine rings is 1. The quantitative estimate of drug-likeness (QED) is 0.849. The number of H-pyrrole nitrogens is 1. The third kappa shape index (κ3) is 6.01. The summed E-state index contributed by atoms with van der Waals surface area (Å²) < 4.78 is 15.8. The number of nitrogens with one attached hydrogen (secondary N) is 2. The van der Waals surface area contributed by atoms with E-state index in [1.807, 2.05) is 24.3 Å². The number of aromatic nitrogens is 1. The third-order valence-corrected chi connectivity index (χ3v) is 4.08. The van der Waals surface area contributed by atoms with Crippen molar-refractivity contribution in [1.82, 2.24) is 10.3 Å². The fraction of sp³-hybridized carbons (Fsp3) is 0.500. The molecule has 7 heteroatoms. The maximum atomic E-state index is 11.6. The average Bonchev–Trinajstić information content (AvgIpc) is 2.65. The van der Waals surface area contributed by atoms with Crippen molar-refractivity contribution in [2.75, 3.05) is 39.5 Å². The maximum Gasteiger partial charge on any atom is 0.255 e. The van der Waals surface area contributed by atoms with Crippen LogP contribution in [-0.2, 0) is 9.47 Å². The molecule has 2 aliphatic heterocycles. The standard InChI is InChI=1S/C14H16N2O2.C4H8O2.ClH/c17-14-13-2-1-12(9-10(13)3-8-16-14)18-11-4-6-15-7-5-11;1-2-6-4-3-5-1;/h1-3,8-9,11,15H,4-7H2,(H,16,17);1-4H2;1H. The summed E-state index contributed by atoms with van der Waals surface area (Å²) in [5, 5.41) is 4.94. The molecule has 2 aliphatic rings. The largest absolute Gasteiger partial charge is 0.490 e. The molecule has 2 aromatic rings. The van der Waals surface area contributed by atoms with Crippen LogP contribution >= 0.6 is 12.4 Å². The van der Waals surface area contributed by atoms with Gasteiger partial charge in [-0.15, -0.1) is 12.4 Å². The topological polar surface area (TPSA) is 72.6 Å². The Bertz CT molecular complexity index is 685. The number of rotatable bonds is 2. The molecule has 0 radical (unpaired) electrons. The first-order valence-corrected chi connectivity index (χ1v) is 8.47. The molecule has 0 aliphatic carbocycles. The molecule has 2 N–H and O–H groups in total. The SMILES string of the molecule is C1COCCO1.Cl.O=c1[nH]ccc2cc(OC3CCNCC3)ccc12. The van der Waals surface area contributed by atoms with Crippen LogP contribution in [0.3, 0.4) is 0 Å². The first kappa shape index (κ1) is 19.7. The van der Waals surface area contributed by atoms with Gasteiger partial charge in [-0.25, -0.2) is 0 Å². The number of aromatic amines is 1. The monoisotopic (exact) mass is 368 g/mol. The molecule has 0 bridgehead atoms. The van der Waals surface area contributed by atoms with Crippen molar-refractivity contribution in [3.63, 3.8) is 0 Å². The van der Waals surface area contributed by atoms with E-state index in [0.29, 0.717) is 5.39 Å². The van der Waals surface area contributed by atoms with Gasteiger partial charge in [-0.3, -0.25) is 4.79 Å². The first-order valence-electron chi connectivity index (χ1n) is 8.47. The Morgan fingerprint density at radius 1 is 1.00 bits per heavy atom. The van der Waals surface area contributed by atoms with Crippen molar-refractivity contribution >= 4 is 23.2 Å². The number of halogens is 1. The van der Waals surface area contributed by atoms with Gasteiger partial charge in [0.15, 0.2) is 0 Å². The van der Waals surface area contributed by atoms with E-state index in [2.05, 4.69) is 10.3 Å². The van der Waals surface area contributed by atoms with E-state index in [-0.39, 0.29) is 24.1 Å². The normalized spacial score (nSPS) is 17.9. The molecule has 0 atom stereocenters. The molecule has 138 valence electrons. The molecular formula is C18H25ClN2O4. The van der Waals surface area contributed by atoms with Crippen LogP contribution in [0.2, 0.25) is 0 Å². The molecule has 0 saturated carbocycles. The predicted octanol–water partition coefficient (Wildman–Crippen LogP) is 2.11. The van der Waals surface area contributed by atoms with E-state index in [1.54, 1.807) is 6.20 Å². The molecule has 0 spiro atoms. The van der Waals surface area contributed by atoms with Gasteiger partial charge >= 0.3 is 0 Å². The highest BCUT2D eigenvalue weighted by molar-refractivity contribution is 5.85. The van der Waals surface area contributed by atoms with Crippen LogP contribution in [0.4, 0.5) is 0 Å². The molecule has 25 heavy (non-hydrogen) atoms. The van der Waals surface area contributed by atoms with Gasteiger partial charge in [0.2, 0.25) is 0 Å². The molecule has 1 aromatic carbocycles. The summed E-state index contributed by atoms with van der Waals surface area (Å²) in [4.78, 5) is 14.2. The van der Waals surface area contributed by atoms with E-state index in [9.17, 15) is 4.79 Å². The van der Waals surface area contributed by atoms with Gasteiger partial charge in [-0.1, -0.05) is 0 Å². The maximum absolute atomic E-state index is 11.6. The Hall–Kier alpha value is -1.60. The van der Waals surface area contributed by atoms with Crippen LogP contribution in [0.1, 0.15) is 12.8 Å². The predicted molar refractivity (Wildman–Crippen MR) is 100.0 cm³/mol. The van der Waals surface area contributed by atoms with Crippen molar-refractivity contribution in [3.8, 4) is 5.75 Å². The van der Waals surface area contributed by atoms with Gasteiger partial charge in [0.25, 0.3) is 5.56 Å². The van der Waals surface area contributed by atoms with Gasteiger partial charge in [-0.2, -0.15) is 0 Å². The summed E-state index contributed by atoms with van der Waals surface area (Å²) in [6.07, 6.45) is 4.02. The smallest absolute Gasteiger partial charge is 0.255 e. The number of benzene rings is 1. The Morgan fingerprint density at radius 2 is 1.68 bits per heavy atom. The summed E-state index contributed by atoms with van der Waals surface area (Å²) in [5.41, 5.74) is -0.0547. The highest BCUT2D eigenvalue weighted by atomic mass is 35.5. The summed E-state index contributed by atoms with van der Waals surface area (Å²) in [5.74, 6) is 0.847. The number of fused-ring (bicyclic) bond motifs is 1. The van der Waals surface area contributed by atoms with Gasteiger partial charge < -0.3 is 24.5 Å². The number of piperidine rings is 1. The van der Waals surface area contributed by atoms with Crippen LogP contribution in [0.25, 0.3) is 10.8 Å². The van der Waals surface area contributed by atoms with Gasteiger partial charge in [0, 0.05) is 11.6 Å². The van der Waals surface area contributed by atoms with E-state index in [0.717, 1.165) is 63.5 Å². The van der Waals surface area contributed by atoms with Crippen LogP contribution in [0, 0.1) is 0 Å². The number of hydrogen-bond donors (Lipinski definition) is 2. The fourth-order valence-corrected chi connectivity index (χ4v) is 2.79. The summed E-state index contributed by atoms with van der Waals surface area (Å²) >= 11 is 0. The Balaban J connectivity index is 0.000000275. The zero-order valence-corrected chi connectivity index (χ0v) is 15.0. The summed E-state index contributed by atoms with van der Waals surface area (Å²) in [6.45, 7) is 5.13. The Kier molecular flexibility index (Phi) is 8.21. The molecule has 3 heterocycles. The highest BCUT2D eigenvalue weighted by Gasteiger charge is 2.14. The van der Waals surface area contributed by atoms with Crippen molar-refractivity contribution in [2.24, 2.45) is 0 Å². The number of hydrogen-bond acceptors (Lipinski definition) is 5. The lowest BCUT2D eigenvalue weighted by molar-refractivity contribution is -0.0334. The molecule has 4 rings (SSSR count). The van der Waals surface area contributed by atoms with Gasteiger partial charge in [0.05, 0.1) is 26.4 Å². The minimum absolute atomic E-state index is 0.